The molecule has 6 heteroatoms. The van der Waals surface area contributed by atoms with E-state index < -0.39 is 6.23 Å². The van der Waals surface area contributed by atoms with Crippen molar-refractivity contribution in [1.82, 2.24) is 9.55 Å². The lowest BCUT2D eigenvalue weighted by molar-refractivity contribution is 0.000861. The number of carbonyl (C=O) groups excluding carboxylic acids is 1. The molecule has 0 N–H and O–H groups in total. The number of Topliss-reactive ketones (excluding diaryl/α,β-unsaturated/α-hetero) is 1. The highest BCUT2D eigenvalue weighted by Crippen LogP contribution is 2.24. The number of halogens is 2. The van der Waals surface area contributed by atoms with Gasteiger partial charge in [0.05, 0.1) is 12.9 Å². The fourth-order valence-electron chi connectivity index (χ4n) is 2.26. The minimum Gasteiger partial charge on any atom is -0.345 e. The normalized spacial score (nSPS) is 12.1. The van der Waals surface area contributed by atoms with Gasteiger partial charge in [0.15, 0.2) is 6.23 Å². The Morgan fingerprint density at radius 1 is 1.17 bits per heavy atom. The van der Waals surface area contributed by atoms with Crippen LogP contribution in [-0.2, 0) is 11.3 Å². The van der Waals surface area contributed by atoms with E-state index in [1.165, 1.54) is 0 Å². The average Bonchev–Trinajstić information content (AvgIpc) is 3.11. The fraction of sp³-hybridized carbons (Fsp3) is 0.111. The number of carbonyl (C=O) groups is 1. The summed E-state index contributed by atoms with van der Waals surface area (Å²) in [5.74, 6) is -0.154. The number of rotatable bonds is 6. The van der Waals surface area contributed by atoms with Gasteiger partial charge in [-0.3, -0.25) is 4.79 Å². The molecule has 0 amide bonds. The van der Waals surface area contributed by atoms with Gasteiger partial charge < -0.3 is 9.30 Å². The predicted octanol–water partition coefficient (Wildman–Crippen LogP) is 4.79. The Morgan fingerprint density at radius 2 is 1.96 bits per heavy atom. The maximum Gasteiger partial charge on any atom is 0.212 e. The molecule has 1 unspecified atom stereocenters. The van der Waals surface area contributed by atoms with Gasteiger partial charge >= 0.3 is 0 Å². The third kappa shape index (κ3) is 3.85. The highest BCUT2D eigenvalue weighted by atomic mass is 35.5. The Hall–Kier alpha value is -2.14. The zero-order chi connectivity index (χ0) is 16.9. The van der Waals surface area contributed by atoms with Crippen LogP contribution in [0.4, 0.5) is 0 Å². The number of aromatic nitrogens is 2. The minimum atomic E-state index is -0.818. The van der Waals surface area contributed by atoms with Gasteiger partial charge in [0.2, 0.25) is 5.78 Å². The van der Waals surface area contributed by atoms with Gasteiger partial charge in [-0.25, -0.2) is 4.98 Å². The molecule has 0 saturated carbocycles. The summed E-state index contributed by atoms with van der Waals surface area (Å²) < 4.78 is 7.48. The van der Waals surface area contributed by atoms with E-state index in [-0.39, 0.29) is 12.4 Å². The summed E-state index contributed by atoms with van der Waals surface area (Å²) in [6.45, 7) is 0.178. The second-order valence-electron chi connectivity index (χ2n) is 5.14. The summed E-state index contributed by atoms with van der Waals surface area (Å²) in [6, 6.07) is 14.2. The molecule has 2 aromatic carbocycles. The second kappa shape index (κ2) is 7.62. The zero-order valence-electron chi connectivity index (χ0n) is 12.6. The number of ketones is 1. The van der Waals surface area contributed by atoms with Crippen LogP contribution in [0, 0.1) is 0 Å². The largest absolute Gasteiger partial charge is 0.345 e. The van der Waals surface area contributed by atoms with Crippen molar-refractivity contribution in [1.29, 1.82) is 0 Å². The molecule has 0 spiro atoms. The van der Waals surface area contributed by atoms with Gasteiger partial charge in [-0.15, -0.1) is 0 Å². The van der Waals surface area contributed by atoms with Gasteiger partial charge in [-0.2, -0.15) is 0 Å². The van der Waals surface area contributed by atoms with Crippen LogP contribution < -0.4 is 0 Å². The predicted molar refractivity (Wildman–Crippen MR) is 93.3 cm³/mol. The standard InChI is InChI=1S/C18H14Cl2N2O2/c19-15-7-6-14(16(20)10-15)11-24-18(22-9-8-21-12-22)17(23)13-4-2-1-3-5-13/h1-10,12,18H,11H2. The number of hydrogen-bond acceptors (Lipinski definition) is 3. The van der Waals surface area contributed by atoms with E-state index >= 15 is 0 Å². The Balaban J connectivity index is 1.82. The van der Waals surface area contributed by atoms with E-state index in [0.717, 1.165) is 5.56 Å². The first kappa shape index (κ1) is 16.7. The van der Waals surface area contributed by atoms with Crippen molar-refractivity contribution in [2.75, 3.05) is 0 Å². The second-order valence-corrected chi connectivity index (χ2v) is 5.98. The van der Waals surface area contributed by atoms with Gasteiger partial charge in [-0.1, -0.05) is 59.6 Å². The summed E-state index contributed by atoms with van der Waals surface area (Å²) in [4.78, 5) is 16.8. The lowest BCUT2D eigenvalue weighted by Crippen LogP contribution is -2.22. The quantitative estimate of drug-likeness (QED) is 0.593. The van der Waals surface area contributed by atoms with Crippen LogP contribution in [0.5, 0.6) is 0 Å². The van der Waals surface area contributed by atoms with E-state index in [1.807, 2.05) is 18.2 Å². The van der Waals surface area contributed by atoms with Crippen LogP contribution in [0.1, 0.15) is 22.1 Å². The summed E-state index contributed by atoms with van der Waals surface area (Å²) >= 11 is 12.1. The smallest absolute Gasteiger partial charge is 0.212 e. The molecule has 0 aliphatic heterocycles. The molecule has 0 bridgehead atoms. The van der Waals surface area contributed by atoms with Crippen LogP contribution in [-0.4, -0.2) is 15.3 Å². The molecular formula is C18H14Cl2N2O2. The number of imidazole rings is 1. The highest BCUT2D eigenvalue weighted by Gasteiger charge is 2.22. The van der Waals surface area contributed by atoms with Crippen molar-refractivity contribution >= 4 is 29.0 Å². The van der Waals surface area contributed by atoms with E-state index in [2.05, 4.69) is 4.98 Å². The molecule has 0 aliphatic rings. The van der Waals surface area contributed by atoms with E-state index in [9.17, 15) is 4.79 Å². The fourth-order valence-corrected chi connectivity index (χ4v) is 2.72. The zero-order valence-corrected chi connectivity index (χ0v) is 14.1. The Morgan fingerprint density at radius 3 is 2.62 bits per heavy atom. The molecule has 0 fully saturated rings. The topological polar surface area (TPSA) is 44.1 Å². The van der Waals surface area contributed by atoms with E-state index in [0.29, 0.717) is 15.6 Å². The maximum atomic E-state index is 12.8. The Labute approximate surface area is 149 Å². The first-order chi connectivity index (χ1) is 11.6. The van der Waals surface area contributed by atoms with Crippen LogP contribution in [0.3, 0.4) is 0 Å². The Bertz CT molecular complexity index is 820. The Kier molecular flexibility index (Phi) is 5.30. The number of hydrogen-bond donors (Lipinski definition) is 0. The van der Waals surface area contributed by atoms with Crippen molar-refractivity contribution in [3.8, 4) is 0 Å². The van der Waals surface area contributed by atoms with E-state index in [4.69, 9.17) is 27.9 Å². The summed E-state index contributed by atoms with van der Waals surface area (Å²) in [5.41, 5.74) is 1.32. The molecular weight excluding hydrogens is 347 g/mol. The summed E-state index contributed by atoms with van der Waals surface area (Å²) in [6.07, 6.45) is 4.02. The van der Waals surface area contributed by atoms with Crippen molar-refractivity contribution in [3.05, 3.63) is 88.4 Å². The molecule has 3 rings (SSSR count). The molecule has 1 atom stereocenters. The average molecular weight is 361 g/mol. The van der Waals surface area contributed by atoms with Gasteiger partial charge in [0, 0.05) is 28.0 Å². The molecule has 0 saturated heterocycles. The first-order valence-electron chi connectivity index (χ1n) is 7.27. The lowest BCUT2D eigenvalue weighted by Gasteiger charge is -2.18. The van der Waals surface area contributed by atoms with Crippen molar-refractivity contribution in [3.63, 3.8) is 0 Å². The molecule has 3 aromatic rings. The SMILES string of the molecule is O=C(c1ccccc1)C(OCc1ccc(Cl)cc1Cl)n1ccnc1. The van der Waals surface area contributed by atoms with Crippen LogP contribution in [0.15, 0.2) is 67.3 Å². The molecule has 24 heavy (non-hydrogen) atoms. The van der Waals surface area contributed by atoms with Crippen LogP contribution in [0.2, 0.25) is 10.0 Å². The highest BCUT2D eigenvalue weighted by molar-refractivity contribution is 6.35. The first-order valence-corrected chi connectivity index (χ1v) is 8.03. The van der Waals surface area contributed by atoms with Crippen molar-refractivity contribution in [2.45, 2.75) is 12.8 Å². The lowest BCUT2D eigenvalue weighted by atomic mass is 10.1. The van der Waals surface area contributed by atoms with Crippen LogP contribution in [0.25, 0.3) is 0 Å². The third-order valence-corrected chi connectivity index (χ3v) is 4.08. The number of ether oxygens (including phenoxy) is 1. The van der Waals surface area contributed by atoms with Crippen LogP contribution >= 0.6 is 23.2 Å². The van der Waals surface area contributed by atoms with Crippen molar-refractivity contribution < 1.29 is 9.53 Å². The number of benzene rings is 2. The van der Waals surface area contributed by atoms with Gasteiger partial charge in [-0.05, 0) is 17.7 Å². The molecule has 0 aliphatic carbocycles. The molecule has 1 aromatic heterocycles. The molecule has 122 valence electrons. The van der Waals surface area contributed by atoms with Gasteiger partial charge in [0.25, 0.3) is 0 Å². The number of nitrogens with zero attached hydrogens (tertiary/aromatic N) is 2. The molecule has 0 radical (unpaired) electrons. The minimum absolute atomic E-state index is 0.154. The molecule has 4 nitrogen and oxygen atoms in total. The van der Waals surface area contributed by atoms with E-state index in [1.54, 1.807) is 53.6 Å². The third-order valence-electron chi connectivity index (χ3n) is 3.49. The van der Waals surface area contributed by atoms with Gasteiger partial charge in [0.1, 0.15) is 0 Å². The van der Waals surface area contributed by atoms with Crippen molar-refractivity contribution in [2.24, 2.45) is 0 Å². The summed E-state index contributed by atoms with van der Waals surface area (Å²) in [5, 5.41) is 1.05. The monoisotopic (exact) mass is 360 g/mol. The maximum absolute atomic E-state index is 12.8. The summed E-state index contributed by atoms with van der Waals surface area (Å²) in [7, 11) is 0. The molecule has 1 heterocycles.